The van der Waals surface area contributed by atoms with Gasteiger partial charge in [0.25, 0.3) is 11.8 Å². The lowest BCUT2D eigenvalue weighted by Gasteiger charge is -2.32. The van der Waals surface area contributed by atoms with Crippen molar-refractivity contribution >= 4 is 23.3 Å². The zero-order chi connectivity index (χ0) is 19.4. The highest BCUT2D eigenvalue weighted by Crippen LogP contribution is 2.14. The van der Waals surface area contributed by atoms with Gasteiger partial charge in [-0.05, 0) is 56.4 Å². The predicted octanol–water partition coefficient (Wildman–Crippen LogP) is 2.53. The Bertz CT molecular complexity index is 853. The van der Waals surface area contributed by atoms with E-state index in [0.29, 0.717) is 35.5 Å². The minimum atomic E-state index is -0.293. The average molecular weight is 365 g/mol. The number of carbonyl (C=O) groups excluding carboxylic acids is 3. The van der Waals surface area contributed by atoms with Crippen molar-refractivity contribution in [2.45, 2.75) is 6.92 Å². The maximum atomic E-state index is 12.7. The van der Waals surface area contributed by atoms with E-state index < -0.39 is 0 Å². The summed E-state index contributed by atoms with van der Waals surface area (Å²) in [6.07, 6.45) is 0. The molecule has 1 aliphatic rings. The van der Waals surface area contributed by atoms with Gasteiger partial charge in [-0.15, -0.1) is 0 Å². The lowest BCUT2D eigenvalue weighted by molar-refractivity contribution is 0.0664. The molecule has 3 rings (SSSR count). The van der Waals surface area contributed by atoms with Crippen LogP contribution < -0.4 is 5.32 Å². The highest BCUT2D eigenvalue weighted by atomic mass is 16.2. The fourth-order valence-corrected chi connectivity index (χ4v) is 2.98. The molecule has 0 aliphatic carbocycles. The first-order chi connectivity index (χ1) is 12.9. The van der Waals surface area contributed by atoms with Crippen molar-refractivity contribution in [1.29, 1.82) is 0 Å². The van der Waals surface area contributed by atoms with Crippen LogP contribution in [-0.2, 0) is 0 Å². The minimum Gasteiger partial charge on any atom is -0.336 e. The first kappa shape index (κ1) is 18.8. The van der Waals surface area contributed by atoms with E-state index in [1.807, 2.05) is 11.9 Å². The second kappa shape index (κ2) is 8.14. The second-order valence-corrected chi connectivity index (χ2v) is 6.76. The summed E-state index contributed by atoms with van der Waals surface area (Å²) >= 11 is 0. The monoisotopic (exact) mass is 365 g/mol. The van der Waals surface area contributed by atoms with Gasteiger partial charge in [0.2, 0.25) is 0 Å². The van der Waals surface area contributed by atoms with E-state index in [0.717, 1.165) is 13.1 Å². The second-order valence-electron chi connectivity index (χ2n) is 6.76. The Morgan fingerprint density at radius 2 is 1.48 bits per heavy atom. The SMILES string of the molecule is CC(=O)c1ccc(NC(=O)c2cccc(C(=O)N3CCN(C)CC3)c2)cc1. The molecule has 1 N–H and O–H groups in total. The van der Waals surface area contributed by atoms with Crippen LogP contribution in [0, 0.1) is 0 Å². The predicted molar refractivity (Wildman–Crippen MR) is 104 cm³/mol. The largest absolute Gasteiger partial charge is 0.336 e. The lowest BCUT2D eigenvalue weighted by Crippen LogP contribution is -2.47. The van der Waals surface area contributed by atoms with Gasteiger partial charge in [0, 0.05) is 48.6 Å². The lowest BCUT2D eigenvalue weighted by atomic mass is 10.1. The van der Waals surface area contributed by atoms with Crippen LogP contribution in [0.3, 0.4) is 0 Å². The first-order valence-corrected chi connectivity index (χ1v) is 8.94. The van der Waals surface area contributed by atoms with Crippen molar-refractivity contribution in [2.75, 3.05) is 38.5 Å². The standard InChI is InChI=1S/C21H23N3O3/c1-15(25)16-6-8-19(9-7-16)22-20(26)17-4-3-5-18(14-17)21(27)24-12-10-23(2)11-13-24/h3-9,14H,10-13H2,1-2H3,(H,22,26). The average Bonchev–Trinajstić information content (AvgIpc) is 2.68. The fraction of sp³-hybridized carbons (Fsp3) is 0.286. The summed E-state index contributed by atoms with van der Waals surface area (Å²) in [4.78, 5) is 40.5. The molecular formula is C21H23N3O3. The molecule has 0 saturated carbocycles. The number of benzene rings is 2. The molecule has 2 aromatic carbocycles. The van der Waals surface area contributed by atoms with Crippen LogP contribution in [0.1, 0.15) is 38.0 Å². The molecule has 1 heterocycles. The Morgan fingerprint density at radius 1 is 0.852 bits per heavy atom. The molecule has 0 unspecified atom stereocenters. The molecule has 140 valence electrons. The summed E-state index contributed by atoms with van der Waals surface area (Å²) in [5.41, 5.74) is 2.12. The number of rotatable bonds is 4. The van der Waals surface area contributed by atoms with Crippen LogP contribution in [-0.4, -0.2) is 60.6 Å². The Balaban J connectivity index is 1.69. The molecule has 6 nitrogen and oxygen atoms in total. The number of amides is 2. The third kappa shape index (κ3) is 4.60. The van der Waals surface area contributed by atoms with Crippen LogP contribution in [0.25, 0.3) is 0 Å². The van der Waals surface area contributed by atoms with E-state index in [-0.39, 0.29) is 17.6 Å². The van der Waals surface area contributed by atoms with E-state index in [9.17, 15) is 14.4 Å². The Labute approximate surface area is 158 Å². The van der Waals surface area contributed by atoms with Crippen molar-refractivity contribution < 1.29 is 14.4 Å². The topological polar surface area (TPSA) is 69.7 Å². The van der Waals surface area contributed by atoms with Gasteiger partial charge in [-0.3, -0.25) is 14.4 Å². The molecular weight excluding hydrogens is 342 g/mol. The molecule has 1 aliphatic heterocycles. The van der Waals surface area contributed by atoms with E-state index in [2.05, 4.69) is 10.2 Å². The van der Waals surface area contributed by atoms with Gasteiger partial charge < -0.3 is 15.1 Å². The molecule has 6 heteroatoms. The molecule has 0 spiro atoms. The number of likely N-dealkylation sites (N-methyl/N-ethyl adjacent to an activating group) is 1. The molecule has 0 radical (unpaired) electrons. The number of hydrogen-bond acceptors (Lipinski definition) is 4. The van der Waals surface area contributed by atoms with Crippen molar-refractivity contribution in [2.24, 2.45) is 0 Å². The summed E-state index contributed by atoms with van der Waals surface area (Å²) in [7, 11) is 2.04. The third-order valence-electron chi connectivity index (χ3n) is 4.71. The highest BCUT2D eigenvalue weighted by molar-refractivity contribution is 6.06. The van der Waals surface area contributed by atoms with Crippen LogP contribution in [0.5, 0.6) is 0 Å². The minimum absolute atomic E-state index is 0.0250. The number of ketones is 1. The number of piperazine rings is 1. The van der Waals surface area contributed by atoms with E-state index in [1.165, 1.54) is 6.92 Å². The molecule has 1 saturated heterocycles. The molecule has 2 aromatic rings. The molecule has 2 amide bonds. The molecule has 0 aromatic heterocycles. The van der Waals surface area contributed by atoms with Crippen LogP contribution in [0.15, 0.2) is 48.5 Å². The first-order valence-electron chi connectivity index (χ1n) is 8.94. The van der Waals surface area contributed by atoms with Gasteiger partial charge in [-0.1, -0.05) is 6.07 Å². The van der Waals surface area contributed by atoms with E-state index >= 15 is 0 Å². The normalized spacial score (nSPS) is 14.7. The van der Waals surface area contributed by atoms with Crippen molar-refractivity contribution in [1.82, 2.24) is 9.80 Å². The molecule has 1 fully saturated rings. The zero-order valence-corrected chi connectivity index (χ0v) is 15.6. The summed E-state index contributed by atoms with van der Waals surface area (Å²) in [6, 6.07) is 13.5. The van der Waals surface area contributed by atoms with Crippen molar-refractivity contribution in [3.05, 3.63) is 65.2 Å². The number of Topliss-reactive ketones (excluding diaryl/α,β-unsaturated/α-hetero) is 1. The number of anilines is 1. The Morgan fingerprint density at radius 3 is 2.11 bits per heavy atom. The highest BCUT2D eigenvalue weighted by Gasteiger charge is 2.21. The maximum absolute atomic E-state index is 12.7. The number of nitrogens with zero attached hydrogens (tertiary/aromatic N) is 2. The van der Waals surface area contributed by atoms with Gasteiger partial charge in [0.05, 0.1) is 0 Å². The summed E-state index contributed by atoms with van der Waals surface area (Å²) in [5, 5.41) is 2.79. The van der Waals surface area contributed by atoms with Gasteiger partial charge in [0.15, 0.2) is 5.78 Å². The summed E-state index contributed by atoms with van der Waals surface area (Å²) in [5.74, 6) is -0.370. The number of carbonyl (C=O) groups is 3. The van der Waals surface area contributed by atoms with Crippen LogP contribution in [0.2, 0.25) is 0 Å². The summed E-state index contributed by atoms with van der Waals surface area (Å²) < 4.78 is 0. The van der Waals surface area contributed by atoms with E-state index in [1.54, 1.807) is 48.5 Å². The quantitative estimate of drug-likeness (QED) is 0.846. The van der Waals surface area contributed by atoms with Gasteiger partial charge in [-0.2, -0.15) is 0 Å². The Kier molecular flexibility index (Phi) is 5.66. The van der Waals surface area contributed by atoms with Gasteiger partial charge in [-0.25, -0.2) is 0 Å². The number of nitrogens with one attached hydrogen (secondary N) is 1. The Hall–Kier alpha value is -2.99. The molecule has 27 heavy (non-hydrogen) atoms. The van der Waals surface area contributed by atoms with Crippen molar-refractivity contribution in [3.63, 3.8) is 0 Å². The maximum Gasteiger partial charge on any atom is 0.255 e. The van der Waals surface area contributed by atoms with Crippen molar-refractivity contribution in [3.8, 4) is 0 Å². The summed E-state index contributed by atoms with van der Waals surface area (Å²) in [6.45, 7) is 4.57. The van der Waals surface area contributed by atoms with E-state index in [4.69, 9.17) is 0 Å². The molecule has 0 atom stereocenters. The smallest absolute Gasteiger partial charge is 0.255 e. The number of hydrogen-bond donors (Lipinski definition) is 1. The van der Waals surface area contributed by atoms with Crippen LogP contribution >= 0.6 is 0 Å². The van der Waals surface area contributed by atoms with Gasteiger partial charge >= 0.3 is 0 Å². The fourth-order valence-electron chi connectivity index (χ4n) is 2.98. The third-order valence-corrected chi connectivity index (χ3v) is 4.71. The van der Waals surface area contributed by atoms with Gasteiger partial charge in [0.1, 0.15) is 0 Å². The van der Waals surface area contributed by atoms with Crippen LogP contribution in [0.4, 0.5) is 5.69 Å². The zero-order valence-electron chi connectivity index (χ0n) is 15.6. The molecule has 0 bridgehead atoms.